The maximum Gasteiger partial charge on any atom is 0.290 e. The lowest BCUT2D eigenvalue weighted by atomic mass is 10.1. The molecule has 1 atom stereocenters. The Morgan fingerprint density at radius 1 is 1.33 bits per heavy atom. The van der Waals surface area contributed by atoms with E-state index in [2.05, 4.69) is 10.1 Å². The quantitative estimate of drug-likeness (QED) is 0.811. The van der Waals surface area contributed by atoms with Gasteiger partial charge in [0.25, 0.3) is 11.7 Å². The van der Waals surface area contributed by atoms with E-state index in [0.29, 0.717) is 6.42 Å². The van der Waals surface area contributed by atoms with E-state index in [1.165, 1.54) is 5.56 Å². The summed E-state index contributed by atoms with van der Waals surface area (Å²) in [4.78, 5) is 14.7. The number of hydrogen-bond acceptors (Lipinski definition) is 5. The van der Waals surface area contributed by atoms with Gasteiger partial charge >= 0.3 is 0 Å². The SMILES string of the molecule is NC(=O)c1noc(C(N)CCc2ccccc2)n1. The summed E-state index contributed by atoms with van der Waals surface area (Å²) in [6, 6.07) is 9.55. The topological polar surface area (TPSA) is 108 Å². The molecule has 0 fully saturated rings. The zero-order valence-electron chi connectivity index (χ0n) is 9.74. The molecule has 0 aliphatic heterocycles. The van der Waals surface area contributed by atoms with E-state index in [0.717, 1.165) is 6.42 Å². The van der Waals surface area contributed by atoms with Crippen LogP contribution in [-0.4, -0.2) is 16.0 Å². The molecule has 1 unspecified atom stereocenters. The fourth-order valence-corrected chi connectivity index (χ4v) is 1.58. The average Bonchev–Trinajstić information content (AvgIpc) is 2.87. The first-order valence-corrected chi connectivity index (χ1v) is 5.59. The second-order valence-corrected chi connectivity index (χ2v) is 3.95. The molecule has 1 heterocycles. The number of benzene rings is 1. The van der Waals surface area contributed by atoms with Gasteiger partial charge in [-0.3, -0.25) is 4.79 Å². The van der Waals surface area contributed by atoms with E-state index < -0.39 is 11.9 Å². The zero-order chi connectivity index (χ0) is 13.0. The minimum atomic E-state index is -0.722. The Balaban J connectivity index is 1.95. The molecule has 94 valence electrons. The van der Waals surface area contributed by atoms with Gasteiger partial charge in [0.1, 0.15) is 0 Å². The highest BCUT2D eigenvalue weighted by molar-refractivity contribution is 5.88. The summed E-state index contributed by atoms with van der Waals surface area (Å²) in [5, 5.41) is 3.45. The molecule has 0 saturated heterocycles. The number of rotatable bonds is 5. The first kappa shape index (κ1) is 12.3. The van der Waals surface area contributed by atoms with Gasteiger partial charge in [0.05, 0.1) is 6.04 Å². The fourth-order valence-electron chi connectivity index (χ4n) is 1.58. The first-order valence-electron chi connectivity index (χ1n) is 5.59. The van der Waals surface area contributed by atoms with Crippen molar-refractivity contribution in [2.24, 2.45) is 11.5 Å². The van der Waals surface area contributed by atoms with Gasteiger partial charge in [-0.05, 0) is 18.4 Å². The van der Waals surface area contributed by atoms with Gasteiger partial charge in [0.15, 0.2) is 0 Å². The predicted molar refractivity (Wildman–Crippen MR) is 64.5 cm³/mol. The Kier molecular flexibility index (Phi) is 3.69. The minimum absolute atomic E-state index is 0.139. The molecule has 6 heteroatoms. The van der Waals surface area contributed by atoms with E-state index in [4.69, 9.17) is 16.0 Å². The Morgan fingerprint density at radius 3 is 2.67 bits per heavy atom. The smallest absolute Gasteiger partial charge is 0.290 e. The predicted octanol–water partition coefficient (Wildman–Crippen LogP) is 0.801. The maximum atomic E-state index is 10.8. The molecule has 18 heavy (non-hydrogen) atoms. The summed E-state index contributed by atoms with van der Waals surface area (Å²) in [6.07, 6.45) is 1.46. The summed E-state index contributed by atoms with van der Waals surface area (Å²) in [6.45, 7) is 0. The van der Waals surface area contributed by atoms with Crippen LogP contribution in [0.15, 0.2) is 34.9 Å². The van der Waals surface area contributed by atoms with Gasteiger partial charge in [-0.1, -0.05) is 35.5 Å². The molecule has 2 rings (SSSR count). The number of aryl methyl sites for hydroxylation is 1. The van der Waals surface area contributed by atoms with Crippen molar-refractivity contribution >= 4 is 5.91 Å². The second-order valence-electron chi connectivity index (χ2n) is 3.95. The Hall–Kier alpha value is -2.21. The molecule has 0 radical (unpaired) electrons. The molecule has 0 saturated carbocycles. The van der Waals surface area contributed by atoms with Crippen molar-refractivity contribution in [3.8, 4) is 0 Å². The molecule has 1 amide bonds. The lowest BCUT2D eigenvalue weighted by Gasteiger charge is -2.06. The van der Waals surface area contributed by atoms with Crippen LogP contribution < -0.4 is 11.5 Å². The van der Waals surface area contributed by atoms with Gasteiger partial charge in [-0.15, -0.1) is 0 Å². The van der Waals surface area contributed by atoms with Gasteiger partial charge in [-0.2, -0.15) is 4.98 Å². The molecule has 1 aromatic heterocycles. The first-order chi connectivity index (χ1) is 8.66. The third-order valence-electron chi connectivity index (χ3n) is 2.57. The Bertz CT molecular complexity index is 524. The summed E-state index contributed by atoms with van der Waals surface area (Å²) < 4.78 is 4.89. The molecule has 4 N–H and O–H groups in total. The number of amides is 1. The summed E-state index contributed by atoms with van der Waals surface area (Å²) in [5.74, 6) is -0.625. The summed E-state index contributed by atoms with van der Waals surface area (Å²) >= 11 is 0. The lowest BCUT2D eigenvalue weighted by Crippen LogP contribution is -2.15. The maximum absolute atomic E-state index is 10.8. The van der Waals surface area contributed by atoms with Crippen LogP contribution in [0.1, 0.15) is 34.5 Å². The van der Waals surface area contributed by atoms with Crippen molar-refractivity contribution < 1.29 is 9.32 Å². The largest absolute Gasteiger partial charge is 0.363 e. The third-order valence-corrected chi connectivity index (χ3v) is 2.57. The molecule has 6 nitrogen and oxygen atoms in total. The third kappa shape index (κ3) is 2.92. The van der Waals surface area contributed by atoms with Crippen LogP contribution in [0.2, 0.25) is 0 Å². The normalized spacial score (nSPS) is 12.3. The van der Waals surface area contributed by atoms with Crippen LogP contribution in [0.5, 0.6) is 0 Å². The number of carbonyl (C=O) groups excluding carboxylic acids is 1. The highest BCUT2D eigenvalue weighted by Crippen LogP contribution is 2.14. The van der Waals surface area contributed by atoms with Crippen molar-refractivity contribution in [2.75, 3.05) is 0 Å². The van der Waals surface area contributed by atoms with Crippen molar-refractivity contribution in [3.63, 3.8) is 0 Å². The monoisotopic (exact) mass is 246 g/mol. The Labute approximate surface area is 104 Å². The fraction of sp³-hybridized carbons (Fsp3) is 0.250. The molecule has 0 spiro atoms. The van der Waals surface area contributed by atoms with E-state index in [-0.39, 0.29) is 11.7 Å². The van der Waals surface area contributed by atoms with Gasteiger partial charge in [0.2, 0.25) is 5.89 Å². The van der Waals surface area contributed by atoms with E-state index in [1.807, 2.05) is 30.3 Å². The number of nitrogens with zero attached hydrogens (tertiary/aromatic N) is 2. The van der Waals surface area contributed by atoms with Crippen LogP contribution >= 0.6 is 0 Å². The van der Waals surface area contributed by atoms with Crippen molar-refractivity contribution in [2.45, 2.75) is 18.9 Å². The minimum Gasteiger partial charge on any atom is -0.363 e. The van der Waals surface area contributed by atoms with Gasteiger partial charge < -0.3 is 16.0 Å². The van der Waals surface area contributed by atoms with Crippen LogP contribution in [-0.2, 0) is 6.42 Å². The number of nitrogens with two attached hydrogens (primary N) is 2. The van der Waals surface area contributed by atoms with Crippen LogP contribution in [0, 0.1) is 0 Å². The van der Waals surface area contributed by atoms with Gasteiger partial charge in [0, 0.05) is 0 Å². The van der Waals surface area contributed by atoms with E-state index in [1.54, 1.807) is 0 Å². The van der Waals surface area contributed by atoms with Crippen LogP contribution in [0.3, 0.4) is 0 Å². The number of carbonyl (C=O) groups is 1. The molecule has 2 aromatic rings. The van der Waals surface area contributed by atoms with E-state index >= 15 is 0 Å². The van der Waals surface area contributed by atoms with Crippen molar-refractivity contribution in [3.05, 3.63) is 47.6 Å². The molecule has 0 aliphatic rings. The average molecular weight is 246 g/mol. The molecule has 1 aromatic carbocycles. The summed E-state index contributed by atoms with van der Waals surface area (Å²) in [5.41, 5.74) is 12.1. The molecule has 0 aliphatic carbocycles. The zero-order valence-corrected chi connectivity index (χ0v) is 9.74. The number of primary amides is 1. The van der Waals surface area contributed by atoms with E-state index in [9.17, 15) is 4.79 Å². The number of aromatic nitrogens is 2. The van der Waals surface area contributed by atoms with Crippen LogP contribution in [0.25, 0.3) is 0 Å². The van der Waals surface area contributed by atoms with Gasteiger partial charge in [-0.25, -0.2) is 0 Å². The second kappa shape index (κ2) is 5.42. The number of hydrogen-bond donors (Lipinski definition) is 2. The standard InChI is InChI=1S/C12H14N4O2/c13-9(7-6-8-4-2-1-3-5-8)12-15-11(10(14)17)16-18-12/h1-5,9H,6-7,13H2,(H2,14,17). The van der Waals surface area contributed by atoms with Crippen LogP contribution in [0.4, 0.5) is 0 Å². The highest BCUT2D eigenvalue weighted by Gasteiger charge is 2.17. The summed E-state index contributed by atoms with van der Waals surface area (Å²) in [7, 11) is 0. The lowest BCUT2D eigenvalue weighted by molar-refractivity contribution is 0.0987. The molecular formula is C12H14N4O2. The Morgan fingerprint density at radius 2 is 2.06 bits per heavy atom. The molecule has 0 bridgehead atoms. The van der Waals surface area contributed by atoms with Crippen molar-refractivity contribution in [1.82, 2.24) is 10.1 Å². The van der Waals surface area contributed by atoms with Crippen molar-refractivity contribution in [1.29, 1.82) is 0 Å². The highest BCUT2D eigenvalue weighted by atomic mass is 16.5. The molecular weight excluding hydrogens is 232 g/mol.